The zero-order valence-corrected chi connectivity index (χ0v) is 14.8. The van der Waals surface area contributed by atoms with E-state index in [1.807, 2.05) is 76.2 Å². The lowest BCUT2D eigenvalue weighted by Gasteiger charge is -2.24. The van der Waals surface area contributed by atoms with Crippen LogP contribution in [-0.2, 0) is 11.1 Å². The first-order chi connectivity index (χ1) is 10.2. The second-order valence-corrected chi connectivity index (χ2v) is 7.20. The van der Waals surface area contributed by atoms with Gasteiger partial charge in [0.2, 0.25) is 0 Å². The largest absolute Gasteiger partial charge is 0.182 e. The van der Waals surface area contributed by atoms with Crippen LogP contribution in [0.4, 0.5) is 0 Å². The zero-order valence-electron chi connectivity index (χ0n) is 13.3. The van der Waals surface area contributed by atoms with Gasteiger partial charge in [-0.3, -0.25) is 0 Å². The molecule has 0 aliphatic carbocycles. The van der Waals surface area contributed by atoms with E-state index in [2.05, 4.69) is 10.2 Å². The lowest BCUT2D eigenvalue weighted by molar-refractivity contribution is 0.439. The van der Waals surface area contributed by atoms with Crippen LogP contribution in [0.15, 0.2) is 58.8 Å². The van der Waals surface area contributed by atoms with Crippen molar-refractivity contribution in [3.63, 3.8) is 0 Å². The predicted molar refractivity (Wildman–Crippen MR) is 93.8 cm³/mol. The maximum absolute atomic E-state index is 5.94. The van der Waals surface area contributed by atoms with Crippen molar-refractivity contribution in [2.75, 3.05) is 0 Å². The molecule has 0 saturated carbocycles. The van der Waals surface area contributed by atoms with Crippen LogP contribution in [0.2, 0.25) is 10.0 Å². The van der Waals surface area contributed by atoms with Gasteiger partial charge in [-0.05, 0) is 63.1 Å². The highest BCUT2D eigenvalue weighted by Gasteiger charge is 2.24. The summed E-state index contributed by atoms with van der Waals surface area (Å²) in [7, 11) is 0. The van der Waals surface area contributed by atoms with Crippen LogP contribution >= 0.6 is 23.2 Å². The van der Waals surface area contributed by atoms with E-state index < -0.39 is 11.1 Å². The summed E-state index contributed by atoms with van der Waals surface area (Å²) in [6.45, 7) is 8.16. The maximum Gasteiger partial charge on any atom is 0.101 e. The normalized spacial score (nSPS) is 12.8. The molecule has 2 aromatic carbocycles. The third-order valence-corrected chi connectivity index (χ3v) is 4.16. The summed E-state index contributed by atoms with van der Waals surface area (Å²) < 4.78 is 0. The van der Waals surface area contributed by atoms with Gasteiger partial charge < -0.3 is 0 Å². The topological polar surface area (TPSA) is 24.7 Å². The smallest absolute Gasteiger partial charge is 0.101 e. The lowest BCUT2D eigenvalue weighted by atomic mass is 9.94. The molecule has 0 spiro atoms. The van der Waals surface area contributed by atoms with E-state index >= 15 is 0 Å². The van der Waals surface area contributed by atoms with Gasteiger partial charge >= 0.3 is 0 Å². The van der Waals surface area contributed by atoms with Crippen molar-refractivity contribution >= 4 is 23.2 Å². The first-order valence-electron chi connectivity index (χ1n) is 7.17. The molecule has 0 fully saturated rings. The number of azo groups is 1. The van der Waals surface area contributed by atoms with Gasteiger partial charge in [-0.2, -0.15) is 10.2 Å². The molecule has 2 nitrogen and oxygen atoms in total. The summed E-state index contributed by atoms with van der Waals surface area (Å²) in [4.78, 5) is 0. The Balaban J connectivity index is 2.25. The molecule has 0 bridgehead atoms. The van der Waals surface area contributed by atoms with Gasteiger partial charge in [0.15, 0.2) is 0 Å². The molecule has 0 heterocycles. The molecule has 0 atom stereocenters. The maximum atomic E-state index is 5.94. The van der Waals surface area contributed by atoms with Crippen LogP contribution in [0.5, 0.6) is 0 Å². The summed E-state index contributed by atoms with van der Waals surface area (Å²) in [6, 6.07) is 15.4. The van der Waals surface area contributed by atoms with Crippen LogP contribution < -0.4 is 0 Å². The molecule has 0 radical (unpaired) electrons. The van der Waals surface area contributed by atoms with E-state index in [-0.39, 0.29) is 0 Å². The number of halogens is 2. The molecule has 0 aliphatic rings. The van der Waals surface area contributed by atoms with Crippen molar-refractivity contribution in [2.45, 2.75) is 38.8 Å². The fraction of sp³-hybridized carbons (Fsp3) is 0.333. The van der Waals surface area contributed by atoms with Crippen LogP contribution in [0.25, 0.3) is 0 Å². The molecule has 2 rings (SSSR count). The van der Waals surface area contributed by atoms with Gasteiger partial charge in [-0.25, -0.2) is 0 Å². The summed E-state index contributed by atoms with van der Waals surface area (Å²) in [5, 5.41) is 10.6. The minimum atomic E-state index is -0.408. The molecule has 22 heavy (non-hydrogen) atoms. The number of nitrogens with zero attached hydrogens (tertiary/aromatic N) is 2. The molecule has 0 unspecified atom stereocenters. The summed E-state index contributed by atoms with van der Waals surface area (Å²) >= 11 is 11.9. The standard InChI is InChI=1S/C18H20Cl2N2/c1-17(2,13-5-9-15(19)10-6-13)21-22-18(3,4)14-7-11-16(20)12-8-14/h5-12H,1-4H3. The second-order valence-electron chi connectivity index (χ2n) is 6.33. The van der Waals surface area contributed by atoms with Crippen molar-refractivity contribution in [3.05, 3.63) is 69.7 Å². The number of benzene rings is 2. The summed E-state index contributed by atoms with van der Waals surface area (Å²) in [6.07, 6.45) is 0. The van der Waals surface area contributed by atoms with Crippen molar-refractivity contribution in [2.24, 2.45) is 10.2 Å². The van der Waals surface area contributed by atoms with Gasteiger partial charge in [0.25, 0.3) is 0 Å². The minimum Gasteiger partial charge on any atom is -0.182 e. The SMILES string of the molecule is CC(C)(N=NC(C)(C)c1ccc(Cl)cc1)c1ccc(Cl)cc1. The van der Waals surface area contributed by atoms with Crippen LogP contribution in [0.3, 0.4) is 0 Å². The third kappa shape index (κ3) is 4.08. The van der Waals surface area contributed by atoms with E-state index in [1.54, 1.807) is 0 Å². The minimum absolute atomic E-state index is 0.408. The van der Waals surface area contributed by atoms with E-state index in [1.165, 1.54) is 0 Å². The Morgan fingerprint density at radius 1 is 0.591 bits per heavy atom. The molecular weight excluding hydrogens is 315 g/mol. The lowest BCUT2D eigenvalue weighted by Crippen LogP contribution is -2.18. The number of hydrogen-bond donors (Lipinski definition) is 0. The number of hydrogen-bond acceptors (Lipinski definition) is 2. The van der Waals surface area contributed by atoms with E-state index in [4.69, 9.17) is 23.2 Å². The predicted octanol–water partition coefficient (Wildman–Crippen LogP) is 6.62. The fourth-order valence-corrected chi connectivity index (χ4v) is 2.33. The first kappa shape index (κ1) is 17.0. The van der Waals surface area contributed by atoms with Crippen molar-refractivity contribution in [1.29, 1.82) is 0 Å². The quantitative estimate of drug-likeness (QED) is 0.561. The van der Waals surface area contributed by atoms with Gasteiger partial charge in [0.05, 0.1) is 0 Å². The Kier molecular flexibility index (Phi) is 4.93. The van der Waals surface area contributed by atoms with E-state index in [9.17, 15) is 0 Å². The highest BCUT2D eigenvalue weighted by atomic mass is 35.5. The van der Waals surface area contributed by atoms with Crippen LogP contribution in [-0.4, -0.2) is 0 Å². The summed E-state index contributed by atoms with van der Waals surface area (Å²) in [5.41, 5.74) is 1.34. The monoisotopic (exact) mass is 334 g/mol. The second kappa shape index (κ2) is 6.39. The molecule has 4 heteroatoms. The molecule has 0 aliphatic heterocycles. The Morgan fingerprint density at radius 3 is 1.14 bits per heavy atom. The average Bonchev–Trinajstić information content (AvgIpc) is 2.46. The van der Waals surface area contributed by atoms with Crippen LogP contribution in [0.1, 0.15) is 38.8 Å². The van der Waals surface area contributed by atoms with Gasteiger partial charge in [0, 0.05) is 10.0 Å². The highest BCUT2D eigenvalue weighted by Crippen LogP contribution is 2.31. The highest BCUT2D eigenvalue weighted by molar-refractivity contribution is 6.30. The average molecular weight is 335 g/mol. The van der Waals surface area contributed by atoms with Gasteiger partial charge in [0.1, 0.15) is 11.1 Å². The summed E-state index contributed by atoms with van der Waals surface area (Å²) in [5.74, 6) is 0. The Hall–Kier alpha value is -1.38. The molecule has 0 saturated heterocycles. The fourth-order valence-electron chi connectivity index (χ4n) is 2.08. The Labute approximate surface area is 142 Å². The molecule has 116 valence electrons. The van der Waals surface area contributed by atoms with Crippen molar-refractivity contribution < 1.29 is 0 Å². The Bertz CT molecular complexity index is 597. The molecular formula is C18H20Cl2N2. The van der Waals surface area contributed by atoms with E-state index in [0.717, 1.165) is 21.2 Å². The molecule has 0 N–H and O–H groups in total. The Morgan fingerprint density at radius 2 is 0.864 bits per heavy atom. The van der Waals surface area contributed by atoms with E-state index in [0.29, 0.717) is 0 Å². The van der Waals surface area contributed by atoms with Crippen molar-refractivity contribution in [1.82, 2.24) is 0 Å². The number of rotatable bonds is 4. The van der Waals surface area contributed by atoms with Crippen LogP contribution in [0, 0.1) is 0 Å². The van der Waals surface area contributed by atoms with Crippen molar-refractivity contribution in [3.8, 4) is 0 Å². The molecule has 0 amide bonds. The molecule has 2 aromatic rings. The van der Waals surface area contributed by atoms with Gasteiger partial charge in [-0.1, -0.05) is 47.5 Å². The molecule has 0 aromatic heterocycles. The third-order valence-electron chi connectivity index (χ3n) is 3.65. The first-order valence-corrected chi connectivity index (χ1v) is 7.92. The zero-order chi connectivity index (χ0) is 16.4. The van der Waals surface area contributed by atoms with Gasteiger partial charge in [-0.15, -0.1) is 0 Å².